The van der Waals surface area contributed by atoms with Crippen molar-refractivity contribution in [3.8, 4) is 0 Å². The van der Waals surface area contributed by atoms with Gasteiger partial charge in [0, 0.05) is 56.0 Å². The number of allylic oxidation sites excluding steroid dienone is 1. The Morgan fingerprint density at radius 2 is 2.09 bits per heavy atom. The van der Waals surface area contributed by atoms with Crippen molar-refractivity contribution in [1.29, 1.82) is 0 Å². The van der Waals surface area contributed by atoms with Crippen LogP contribution >= 0.6 is 0 Å². The second kappa shape index (κ2) is 9.91. The van der Waals surface area contributed by atoms with Gasteiger partial charge in [0.15, 0.2) is 0 Å². The van der Waals surface area contributed by atoms with Crippen LogP contribution in [-0.4, -0.2) is 46.4 Å². The monoisotopic (exact) mass is 434 g/mol. The number of aliphatic imine (C=N–C) groups is 2. The van der Waals surface area contributed by atoms with Gasteiger partial charge < -0.3 is 4.74 Å². The number of nitrogens with zero attached hydrogens (tertiary/aromatic N) is 6. The van der Waals surface area contributed by atoms with Gasteiger partial charge >= 0.3 is 0 Å². The van der Waals surface area contributed by atoms with E-state index in [2.05, 4.69) is 31.8 Å². The second-order valence-electron chi connectivity index (χ2n) is 7.94. The van der Waals surface area contributed by atoms with E-state index in [0.29, 0.717) is 31.1 Å². The number of hydrogen-bond acceptors (Lipinski definition) is 6. The van der Waals surface area contributed by atoms with Gasteiger partial charge in [-0.05, 0) is 61.6 Å². The first-order valence-corrected chi connectivity index (χ1v) is 10.7. The summed E-state index contributed by atoms with van der Waals surface area (Å²) in [5.41, 5.74) is 3.61. The third-order valence-electron chi connectivity index (χ3n) is 5.82. The van der Waals surface area contributed by atoms with Crippen LogP contribution in [0.1, 0.15) is 47.2 Å². The highest BCUT2D eigenvalue weighted by Gasteiger charge is 2.41. The van der Waals surface area contributed by atoms with Gasteiger partial charge in [0.2, 0.25) is 0 Å². The summed E-state index contributed by atoms with van der Waals surface area (Å²) in [5, 5.41) is 5.57. The number of aromatic nitrogens is 4. The Balaban J connectivity index is 1.50. The molecule has 2 aromatic heterocycles. The molecule has 0 spiro atoms. The Bertz CT molecular complexity index is 1150. The van der Waals surface area contributed by atoms with Gasteiger partial charge in [-0.1, -0.05) is 0 Å². The predicted octanol–water partition coefficient (Wildman–Crippen LogP) is 4.37. The number of benzene rings is 1. The van der Waals surface area contributed by atoms with E-state index in [1.54, 1.807) is 31.7 Å². The quantitative estimate of drug-likeness (QED) is 0.351. The first-order chi connectivity index (χ1) is 15.6. The smallest absolute Gasteiger partial charge is 0.149 e. The molecule has 1 aromatic carbocycles. The van der Waals surface area contributed by atoms with E-state index in [1.165, 1.54) is 0 Å². The molecule has 0 N–H and O–H groups in total. The van der Waals surface area contributed by atoms with Crippen LogP contribution in [0.2, 0.25) is 0 Å². The van der Waals surface area contributed by atoms with Crippen molar-refractivity contribution in [2.75, 3.05) is 13.7 Å². The van der Waals surface area contributed by atoms with Crippen LogP contribution in [0.25, 0.3) is 10.9 Å². The van der Waals surface area contributed by atoms with E-state index < -0.39 is 0 Å². The summed E-state index contributed by atoms with van der Waals surface area (Å²) in [6.45, 7) is 6.94. The van der Waals surface area contributed by atoms with Crippen molar-refractivity contribution in [2.45, 2.75) is 44.7 Å². The SMILES string of the molecule is C=N/C=C\C=NCc1ncc(C2CC2c2cc(F)c(C)c3c2cnn3CCCOC)cn1. The number of ether oxygens (including phenoxy) is 1. The Morgan fingerprint density at radius 3 is 2.84 bits per heavy atom. The van der Waals surface area contributed by atoms with Crippen LogP contribution < -0.4 is 0 Å². The van der Waals surface area contributed by atoms with Gasteiger partial charge in [-0.15, -0.1) is 0 Å². The van der Waals surface area contributed by atoms with Gasteiger partial charge in [-0.2, -0.15) is 5.10 Å². The van der Waals surface area contributed by atoms with Crippen LogP contribution in [0.5, 0.6) is 0 Å². The lowest BCUT2D eigenvalue weighted by Gasteiger charge is -2.10. The fourth-order valence-corrected chi connectivity index (χ4v) is 4.10. The van der Waals surface area contributed by atoms with Crippen molar-refractivity contribution < 1.29 is 9.13 Å². The second-order valence-corrected chi connectivity index (χ2v) is 7.94. The van der Waals surface area contributed by atoms with Gasteiger partial charge in [0.25, 0.3) is 0 Å². The number of aryl methyl sites for hydroxylation is 2. The minimum Gasteiger partial charge on any atom is -0.385 e. The Hall–Kier alpha value is -3.26. The van der Waals surface area contributed by atoms with E-state index in [1.807, 2.05) is 30.2 Å². The molecule has 1 saturated carbocycles. The van der Waals surface area contributed by atoms with Crippen LogP contribution in [0.4, 0.5) is 4.39 Å². The molecule has 1 fully saturated rings. The van der Waals surface area contributed by atoms with Crippen molar-refractivity contribution in [1.82, 2.24) is 19.7 Å². The van der Waals surface area contributed by atoms with E-state index in [4.69, 9.17) is 4.74 Å². The molecule has 2 unspecified atom stereocenters. The van der Waals surface area contributed by atoms with E-state index in [0.717, 1.165) is 34.9 Å². The Kier molecular flexibility index (Phi) is 6.80. The molecule has 0 amide bonds. The standard InChI is InChI=1S/C24H27FN6O/c1-16-22(25)11-20(21-14-30-31(24(16)21)8-5-9-32-3)19-10-18(19)17-12-28-23(29-13-17)15-27-7-4-6-26-2/h4,6-7,11-14,18-19H,2,5,8-10,15H2,1,3H3/b6-4-,27-7?. The zero-order valence-electron chi connectivity index (χ0n) is 18.4. The number of rotatable bonds is 10. The first kappa shape index (κ1) is 22.0. The number of methoxy groups -OCH3 is 1. The van der Waals surface area contributed by atoms with Crippen LogP contribution in [0.15, 0.2) is 46.9 Å². The zero-order chi connectivity index (χ0) is 22.5. The maximum Gasteiger partial charge on any atom is 0.149 e. The van der Waals surface area contributed by atoms with E-state index in [-0.39, 0.29) is 17.7 Å². The number of hydrogen-bond donors (Lipinski definition) is 0. The summed E-state index contributed by atoms with van der Waals surface area (Å²) in [4.78, 5) is 16.7. The fourth-order valence-electron chi connectivity index (χ4n) is 4.10. The maximum absolute atomic E-state index is 14.8. The molecular formula is C24H27FN6O. The lowest BCUT2D eigenvalue weighted by molar-refractivity contribution is 0.189. The summed E-state index contributed by atoms with van der Waals surface area (Å²) >= 11 is 0. The van der Waals surface area contributed by atoms with E-state index >= 15 is 0 Å². The van der Waals surface area contributed by atoms with Crippen molar-refractivity contribution in [3.63, 3.8) is 0 Å². The molecule has 4 rings (SSSR count). The summed E-state index contributed by atoms with van der Waals surface area (Å²) in [6, 6.07) is 1.68. The van der Waals surface area contributed by atoms with Crippen LogP contribution in [0.3, 0.4) is 0 Å². The molecule has 3 aromatic rings. The first-order valence-electron chi connectivity index (χ1n) is 10.7. The molecule has 0 saturated heterocycles. The van der Waals surface area contributed by atoms with Gasteiger partial charge in [0.1, 0.15) is 11.6 Å². The Morgan fingerprint density at radius 1 is 1.28 bits per heavy atom. The third kappa shape index (κ3) is 4.65. The molecule has 32 heavy (non-hydrogen) atoms. The molecule has 0 aliphatic heterocycles. The highest BCUT2D eigenvalue weighted by molar-refractivity contribution is 5.86. The summed E-state index contributed by atoms with van der Waals surface area (Å²) < 4.78 is 21.8. The van der Waals surface area contributed by atoms with Gasteiger partial charge in [0.05, 0.1) is 18.3 Å². The topological polar surface area (TPSA) is 77.5 Å². The zero-order valence-corrected chi connectivity index (χ0v) is 18.4. The largest absolute Gasteiger partial charge is 0.385 e. The highest BCUT2D eigenvalue weighted by Crippen LogP contribution is 2.56. The molecule has 0 bridgehead atoms. The third-order valence-corrected chi connectivity index (χ3v) is 5.82. The van der Waals surface area contributed by atoms with E-state index in [9.17, 15) is 4.39 Å². The fraction of sp³-hybridized carbons (Fsp3) is 0.375. The lowest BCUT2D eigenvalue weighted by Crippen LogP contribution is -2.04. The minimum atomic E-state index is -0.184. The molecule has 166 valence electrons. The average molecular weight is 435 g/mol. The van der Waals surface area contributed by atoms with Gasteiger partial charge in [-0.3, -0.25) is 14.7 Å². The number of halogens is 1. The normalized spacial score (nSPS) is 18.2. The number of fused-ring (bicyclic) bond motifs is 1. The highest BCUT2D eigenvalue weighted by atomic mass is 19.1. The molecular weight excluding hydrogens is 407 g/mol. The molecule has 8 heteroatoms. The molecule has 1 aliphatic rings. The molecule has 2 heterocycles. The summed E-state index contributed by atoms with van der Waals surface area (Å²) in [5.74, 6) is 1.00. The van der Waals surface area contributed by atoms with Crippen LogP contribution in [0, 0.1) is 12.7 Å². The van der Waals surface area contributed by atoms with Crippen molar-refractivity contribution >= 4 is 23.8 Å². The maximum atomic E-state index is 14.8. The lowest BCUT2D eigenvalue weighted by atomic mass is 10.00. The summed E-state index contributed by atoms with van der Waals surface area (Å²) in [6.07, 6.45) is 12.3. The molecule has 1 aliphatic carbocycles. The molecule has 0 radical (unpaired) electrons. The van der Waals surface area contributed by atoms with Crippen molar-refractivity contribution in [3.05, 3.63) is 65.3 Å². The average Bonchev–Trinajstić information content (AvgIpc) is 3.48. The van der Waals surface area contributed by atoms with Crippen LogP contribution in [-0.2, 0) is 17.8 Å². The van der Waals surface area contributed by atoms with Gasteiger partial charge in [-0.25, -0.2) is 14.4 Å². The minimum absolute atomic E-state index is 0.184. The molecule has 7 nitrogen and oxygen atoms in total. The molecule has 2 atom stereocenters. The summed E-state index contributed by atoms with van der Waals surface area (Å²) in [7, 11) is 1.68. The van der Waals surface area contributed by atoms with Crippen molar-refractivity contribution in [2.24, 2.45) is 9.98 Å². The Labute approximate surface area is 186 Å². The predicted molar refractivity (Wildman–Crippen MR) is 124 cm³/mol.